The van der Waals surface area contributed by atoms with Gasteiger partial charge in [0, 0.05) is 25.6 Å². The Hall–Kier alpha value is -0.830. The Morgan fingerprint density at radius 1 is 1.18 bits per heavy atom. The molecule has 0 spiro atoms. The molecular weight excluding hydrogens is 321 g/mol. The summed E-state index contributed by atoms with van der Waals surface area (Å²) in [5, 5.41) is 2.47. The van der Waals surface area contributed by atoms with Crippen LogP contribution in [0.25, 0.3) is 0 Å². The molecule has 22 heavy (non-hydrogen) atoms. The summed E-state index contributed by atoms with van der Waals surface area (Å²) >= 11 is 0. The molecule has 0 aromatic carbocycles. The van der Waals surface area contributed by atoms with E-state index in [1.54, 1.807) is 0 Å². The maximum Gasteiger partial charge on any atom is 0.392 e. The molecule has 0 unspecified atom stereocenters. The lowest BCUT2D eigenvalue weighted by Gasteiger charge is -2.32. The van der Waals surface area contributed by atoms with E-state index in [0.29, 0.717) is 25.8 Å². The van der Waals surface area contributed by atoms with Crippen molar-refractivity contribution in [2.24, 2.45) is 11.8 Å². The van der Waals surface area contributed by atoms with E-state index in [4.69, 9.17) is 0 Å². The number of nitrogens with zero attached hydrogens (tertiary/aromatic N) is 1. The summed E-state index contributed by atoms with van der Waals surface area (Å²) in [5.74, 6) is -3.15. The van der Waals surface area contributed by atoms with Crippen LogP contribution in [0.5, 0.6) is 0 Å². The van der Waals surface area contributed by atoms with Gasteiger partial charge in [-0.15, -0.1) is 0 Å². The smallest absolute Gasteiger partial charge is 0.355 e. The zero-order valence-electron chi connectivity index (χ0n) is 12.2. The molecule has 2 atom stereocenters. The van der Waals surface area contributed by atoms with Gasteiger partial charge in [0.25, 0.3) is 0 Å². The highest BCUT2D eigenvalue weighted by Gasteiger charge is 2.47. The number of sulfonamides is 1. The number of nitrogens with one attached hydrogen (secondary N) is 1. The monoisotopic (exact) mass is 342 g/mol. The first-order valence-corrected chi connectivity index (χ1v) is 9.15. The molecule has 1 saturated carbocycles. The minimum Gasteiger partial charge on any atom is -0.355 e. The van der Waals surface area contributed by atoms with Crippen LogP contribution in [0.2, 0.25) is 0 Å². The van der Waals surface area contributed by atoms with Crippen LogP contribution < -0.4 is 5.32 Å². The van der Waals surface area contributed by atoms with Crippen molar-refractivity contribution in [2.45, 2.75) is 38.3 Å². The molecule has 0 bridgehead atoms. The average Bonchev–Trinajstić information content (AvgIpc) is 2.77. The lowest BCUT2D eigenvalue weighted by molar-refractivity contribution is -0.198. The minimum absolute atomic E-state index is 0.0118. The number of rotatable bonds is 4. The summed E-state index contributed by atoms with van der Waals surface area (Å²) in [6, 6.07) is 0. The molecule has 9 heteroatoms. The van der Waals surface area contributed by atoms with Crippen LogP contribution in [0.4, 0.5) is 13.2 Å². The molecule has 0 aromatic heterocycles. The molecule has 2 rings (SSSR count). The van der Waals surface area contributed by atoms with Gasteiger partial charge in [-0.3, -0.25) is 4.79 Å². The second-order valence-corrected chi connectivity index (χ2v) is 7.99. The largest absolute Gasteiger partial charge is 0.392 e. The number of alkyl halides is 3. The second-order valence-electron chi connectivity index (χ2n) is 5.90. The van der Waals surface area contributed by atoms with Crippen molar-refractivity contribution in [3.8, 4) is 0 Å². The summed E-state index contributed by atoms with van der Waals surface area (Å²) in [4.78, 5) is 12.0. The molecule has 1 heterocycles. The van der Waals surface area contributed by atoms with E-state index in [2.05, 4.69) is 5.32 Å². The number of amides is 1. The molecule has 0 aromatic rings. The van der Waals surface area contributed by atoms with Crippen molar-refractivity contribution in [1.82, 2.24) is 9.62 Å². The SMILES string of the molecule is O=C(NCCN1CCCS1(=O)=O)[C@@H]1CCCC[C@H]1C(F)(F)F. The van der Waals surface area contributed by atoms with Gasteiger partial charge in [-0.2, -0.15) is 13.2 Å². The molecule has 2 fully saturated rings. The van der Waals surface area contributed by atoms with Gasteiger partial charge in [-0.05, 0) is 19.3 Å². The van der Waals surface area contributed by atoms with Crippen molar-refractivity contribution in [1.29, 1.82) is 0 Å². The first-order chi connectivity index (χ1) is 10.2. The fraction of sp³-hybridized carbons (Fsp3) is 0.923. The molecule has 128 valence electrons. The zero-order chi connectivity index (χ0) is 16.4. The molecule has 0 radical (unpaired) electrons. The van der Waals surface area contributed by atoms with E-state index >= 15 is 0 Å². The van der Waals surface area contributed by atoms with Crippen molar-refractivity contribution < 1.29 is 26.4 Å². The number of carbonyl (C=O) groups excluding carboxylic acids is 1. The van der Waals surface area contributed by atoms with E-state index in [-0.39, 0.29) is 31.7 Å². The molecule has 1 aliphatic carbocycles. The third-order valence-corrected chi connectivity index (χ3v) is 6.34. The van der Waals surface area contributed by atoms with Crippen molar-refractivity contribution in [3.05, 3.63) is 0 Å². The van der Waals surface area contributed by atoms with E-state index in [1.165, 1.54) is 4.31 Å². The predicted molar refractivity (Wildman–Crippen MR) is 74.5 cm³/mol. The number of halogens is 3. The van der Waals surface area contributed by atoms with Crippen LogP contribution in [0.15, 0.2) is 0 Å². The standard InChI is InChI=1S/C13H21F3N2O3S/c14-13(15,16)11-5-2-1-4-10(11)12(19)17-6-8-18-7-3-9-22(18,20)21/h10-11H,1-9H2,(H,17,19)/t10-,11-/m1/s1. The van der Waals surface area contributed by atoms with Gasteiger partial charge in [-0.25, -0.2) is 12.7 Å². The number of hydrogen-bond donors (Lipinski definition) is 1. The highest BCUT2D eigenvalue weighted by molar-refractivity contribution is 7.89. The number of carbonyl (C=O) groups is 1. The van der Waals surface area contributed by atoms with E-state index in [9.17, 15) is 26.4 Å². The topological polar surface area (TPSA) is 66.5 Å². The summed E-state index contributed by atoms with van der Waals surface area (Å²) in [6.45, 7) is 0.587. The zero-order valence-corrected chi connectivity index (χ0v) is 13.0. The summed E-state index contributed by atoms with van der Waals surface area (Å²) < 4.78 is 63.3. The molecule has 1 saturated heterocycles. The van der Waals surface area contributed by atoms with Gasteiger partial charge in [0.05, 0.1) is 11.7 Å². The van der Waals surface area contributed by atoms with Crippen LogP contribution in [0.3, 0.4) is 0 Å². The Bertz CT molecular complexity index is 507. The van der Waals surface area contributed by atoms with Gasteiger partial charge in [0.2, 0.25) is 15.9 Å². The number of hydrogen-bond acceptors (Lipinski definition) is 3. The fourth-order valence-corrected chi connectivity index (χ4v) is 4.74. The van der Waals surface area contributed by atoms with Gasteiger partial charge >= 0.3 is 6.18 Å². The Kier molecular flexibility index (Phi) is 5.37. The van der Waals surface area contributed by atoms with Crippen LogP contribution >= 0.6 is 0 Å². The lowest BCUT2D eigenvalue weighted by atomic mass is 9.78. The molecule has 2 aliphatic rings. The summed E-state index contributed by atoms with van der Waals surface area (Å²) in [5.41, 5.74) is 0. The van der Waals surface area contributed by atoms with Crippen molar-refractivity contribution >= 4 is 15.9 Å². The van der Waals surface area contributed by atoms with Crippen LogP contribution in [-0.2, 0) is 14.8 Å². The second kappa shape index (κ2) is 6.74. The summed E-state index contributed by atoms with van der Waals surface area (Å²) in [6.07, 6.45) is -2.49. The van der Waals surface area contributed by atoms with E-state index in [1.807, 2.05) is 0 Å². The van der Waals surface area contributed by atoms with Crippen LogP contribution in [0, 0.1) is 11.8 Å². The average molecular weight is 342 g/mol. The third kappa shape index (κ3) is 4.13. The van der Waals surface area contributed by atoms with E-state index < -0.39 is 33.9 Å². The van der Waals surface area contributed by atoms with Crippen molar-refractivity contribution in [3.63, 3.8) is 0 Å². The lowest BCUT2D eigenvalue weighted by Crippen LogP contribution is -2.44. The molecule has 1 N–H and O–H groups in total. The normalized spacial score (nSPS) is 29.4. The maximum atomic E-state index is 13.0. The Morgan fingerprint density at radius 3 is 2.45 bits per heavy atom. The Labute approximate surface area is 128 Å². The third-order valence-electron chi connectivity index (χ3n) is 4.39. The molecule has 1 amide bonds. The first kappa shape index (κ1) is 17.5. The Morgan fingerprint density at radius 2 is 1.86 bits per heavy atom. The highest BCUT2D eigenvalue weighted by Crippen LogP contribution is 2.41. The van der Waals surface area contributed by atoms with Crippen LogP contribution in [0.1, 0.15) is 32.1 Å². The fourth-order valence-electron chi connectivity index (χ4n) is 3.21. The maximum absolute atomic E-state index is 13.0. The minimum atomic E-state index is -4.36. The molecule has 5 nitrogen and oxygen atoms in total. The molecular formula is C13H21F3N2O3S. The van der Waals surface area contributed by atoms with Crippen LogP contribution in [-0.4, -0.2) is 50.2 Å². The first-order valence-electron chi connectivity index (χ1n) is 7.54. The Balaban J connectivity index is 1.86. The predicted octanol–water partition coefficient (Wildman–Crippen LogP) is 1.51. The van der Waals surface area contributed by atoms with Gasteiger partial charge in [0.15, 0.2) is 0 Å². The summed E-state index contributed by atoms with van der Waals surface area (Å²) in [7, 11) is -3.24. The van der Waals surface area contributed by atoms with E-state index in [0.717, 1.165) is 0 Å². The van der Waals surface area contributed by atoms with Gasteiger partial charge in [-0.1, -0.05) is 12.8 Å². The highest BCUT2D eigenvalue weighted by atomic mass is 32.2. The van der Waals surface area contributed by atoms with Gasteiger partial charge < -0.3 is 5.32 Å². The quantitative estimate of drug-likeness (QED) is 0.842. The molecule has 1 aliphatic heterocycles. The van der Waals surface area contributed by atoms with Crippen molar-refractivity contribution in [2.75, 3.05) is 25.4 Å². The van der Waals surface area contributed by atoms with Gasteiger partial charge in [0.1, 0.15) is 0 Å².